The lowest BCUT2D eigenvalue weighted by atomic mass is 10.1. The van der Waals surface area contributed by atoms with Crippen molar-refractivity contribution in [1.82, 2.24) is 19.4 Å². The number of anilines is 1. The molecule has 0 atom stereocenters. The van der Waals surface area contributed by atoms with Crippen LogP contribution in [0.3, 0.4) is 0 Å². The summed E-state index contributed by atoms with van der Waals surface area (Å²) < 4.78 is 86.8. The molecule has 0 bridgehead atoms. The van der Waals surface area contributed by atoms with Gasteiger partial charge in [0.05, 0.1) is 10.5 Å². The predicted molar refractivity (Wildman–Crippen MR) is 136 cm³/mol. The highest BCUT2D eigenvalue weighted by molar-refractivity contribution is 7.89. The number of fused-ring (bicyclic) bond motifs is 1. The van der Waals surface area contributed by atoms with E-state index in [1.807, 2.05) is 11.8 Å². The molecule has 0 amide bonds. The predicted octanol–water partition coefficient (Wildman–Crippen LogP) is 5.30. The molecule has 1 aliphatic heterocycles. The minimum absolute atomic E-state index is 0.00197. The van der Waals surface area contributed by atoms with Crippen LogP contribution in [-0.2, 0) is 22.6 Å². The van der Waals surface area contributed by atoms with Crippen molar-refractivity contribution in [3.63, 3.8) is 0 Å². The topological polar surface area (TPSA) is 92.4 Å². The Bertz CT molecular complexity index is 1590. The Labute approximate surface area is 222 Å². The Hall–Kier alpha value is -3.58. The standard InChI is InChI=1S/C26H25F4N5O3S/c1-2-5-21-31-24(22-23(33-38-25(22)32-21)17-6-3-7-18(16-17)26(28,29)30)34-12-4-13-35(15-14-34)39(36,37)20-10-8-19(27)9-11-20/h3,6-11,16H,2,4-5,12-15H2,1H3. The average Bonchev–Trinajstić information content (AvgIpc) is 3.16. The van der Waals surface area contributed by atoms with E-state index in [1.54, 1.807) is 0 Å². The molecule has 3 heterocycles. The molecule has 2 aromatic heterocycles. The van der Waals surface area contributed by atoms with E-state index >= 15 is 0 Å². The van der Waals surface area contributed by atoms with Crippen molar-refractivity contribution < 1.29 is 30.5 Å². The molecule has 1 aliphatic rings. The Morgan fingerprint density at radius 1 is 1.00 bits per heavy atom. The highest BCUT2D eigenvalue weighted by Crippen LogP contribution is 2.37. The summed E-state index contributed by atoms with van der Waals surface area (Å²) in [7, 11) is -3.86. The van der Waals surface area contributed by atoms with Crippen LogP contribution >= 0.6 is 0 Å². The minimum atomic E-state index is -4.53. The maximum Gasteiger partial charge on any atom is 0.416 e. The van der Waals surface area contributed by atoms with Gasteiger partial charge in [-0.15, -0.1) is 0 Å². The molecule has 39 heavy (non-hydrogen) atoms. The third-order valence-corrected chi connectivity index (χ3v) is 8.42. The second-order valence-corrected chi connectivity index (χ2v) is 11.1. The molecular formula is C26H25F4N5O3S. The van der Waals surface area contributed by atoms with Crippen molar-refractivity contribution in [3.05, 3.63) is 65.7 Å². The highest BCUT2D eigenvalue weighted by atomic mass is 32.2. The summed E-state index contributed by atoms with van der Waals surface area (Å²) in [5.41, 5.74) is -0.297. The number of benzene rings is 2. The number of halogens is 4. The van der Waals surface area contributed by atoms with Crippen LogP contribution in [0.5, 0.6) is 0 Å². The van der Waals surface area contributed by atoms with E-state index in [1.165, 1.54) is 28.6 Å². The molecule has 0 aliphatic carbocycles. The second-order valence-electron chi connectivity index (χ2n) is 9.20. The summed E-state index contributed by atoms with van der Waals surface area (Å²) in [6, 6.07) is 9.46. The van der Waals surface area contributed by atoms with Crippen molar-refractivity contribution in [2.24, 2.45) is 0 Å². The van der Waals surface area contributed by atoms with Crippen LogP contribution in [0.15, 0.2) is 57.9 Å². The molecule has 1 fully saturated rings. The smallest absolute Gasteiger partial charge is 0.354 e. The summed E-state index contributed by atoms with van der Waals surface area (Å²) in [6.45, 7) is 3.01. The molecular weight excluding hydrogens is 538 g/mol. The Morgan fingerprint density at radius 3 is 2.49 bits per heavy atom. The van der Waals surface area contributed by atoms with Crippen molar-refractivity contribution in [3.8, 4) is 11.3 Å². The number of nitrogens with zero attached hydrogens (tertiary/aromatic N) is 5. The molecule has 13 heteroatoms. The van der Waals surface area contributed by atoms with Gasteiger partial charge >= 0.3 is 6.18 Å². The SMILES string of the molecule is CCCc1nc(N2CCCN(S(=O)(=O)c3ccc(F)cc3)CC2)c2c(-c3cccc(C(F)(F)F)c3)noc2n1. The number of hydrogen-bond acceptors (Lipinski definition) is 7. The van der Waals surface area contributed by atoms with Gasteiger partial charge in [0.25, 0.3) is 5.71 Å². The maximum atomic E-state index is 13.4. The molecule has 8 nitrogen and oxygen atoms in total. The fourth-order valence-corrected chi connectivity index (χ4v) is 6.05. The van der Waals surface area contributed by atoms with Crippen molar-refractivity contribution >= 4 is 26.9 Å². The van der Waals surface area contributed by atoms with Crippen molar-refractivity contribution in [1.29, 1.82) is 0 Å². The van der Waals surface area contributed by atoms with Crippen molar-refractivity contribution in [2.45, 2.75) is 37.3 Å². The van der Waals surface area contributed by atoms with Gasteiger partial charge in [0.2, 0.25) is 10.0 Å². The largest absolute Gasteiger partial charge is 0.416 e. The van der Waals surface area contributed by atoms with Gasteiger partial charge in [0.1, 0.15) is 28.5 Å². The molecule has 0 N–H and O–H groups in total. The normalized spacial score (nSPS) is 15.6. The minimum Gasteiger partial charge on any atom is -0.354 e. The summed E-state index contributed by atoms with van der Waals surface area (Å²) in [5, 5.41) is 4.43. The van der Waals surface area contributed by atoms with Crippen LogP contribution in [0.1, 0.15) is 31.2 Å². The van der Waals surface area contributed by atoms with Crippen LogP contribution in [0.2, 0.25) is 0 Å². The van der Waals surface area contributed by atoms with Gasteiger partial charge in [-0.05, 0) is 49.2 Å². The van der Waals surface area contributed by atoms with E-state index in [4.69, 9.17) is 9.51 Å². The Morgan fingerprint density at radius 2 is 1.77 bits per heavy atom. The number of aryl methyl sites for hydroxylation is 1. The zero-order chi connectivity index (χ0) is 27.8. The van der Waals surface area contributed by atoms with E-state index in [0.29, 0.717) is 36.4 Å². The molecule has 4 aromatic rings. The summed E-state index contributed by atoms with van der Waals surface area (Å²) in [6.07, 6.45) is -2.78. The summed E-state index contributed by atoms with van der Waals surface area (Å²) in [5.74, 6) is 0.391. The molecule has 2 aromatic carbocycles. The molecule has 206 valence electrons. The van der Waals surface area contributed by atoms with Crippen LogP contribution < -0.4 is 4.90 Å². The van der Waals surface area contributed by atoms with E-state index < -0.39 is 27.6 Å². The third-order valence-electron chi connectivity index (χ3n) is 6.51. The van der Waals surface area contributed by atoms with Gasteiger partial charge in [0.15, 0.2) is 0 Å². The first-order chi connectivity index (χ1) is 18.6. The summed E-state index contributed by atoms with van der Waals surface area (Å²) >= 11 is 0. The van der Waals surface area contributed by atoms with Gasteiger partial charge in [-0.3, -0.25) is 0 Å². The van der Waals surface area contributed by atoms with Crippen LogP contribution in [0.25, 0.3) is 22.4 Å². The van der Waals surface area contributed by atoms with Gasteiger partial charge in [0, 0.05) is 38.2 Å². The number of hydrogen-bond donors (Lipinski definition) is 0. The highest BCUT2D eigenvalue weighted by Gasteiger charge is 2.32. The van der Waals surface area contributed by atoms with Gasteiger partial charge < -0.3 is 9.42 Å². The first-order valence-electron chi connectivity index (χ1n) is 12.4. The van der Waals surface area contributed by atoms with Crippen LogP contribution in [-0.4, -0.2) is 54.0 Å². The van der Waals surface area contributed by atoms with E-state index in [0.717, 1.165) is 30.7 Å². The third kappa shape index (κ3) is 5.46. The van der Waals surface area contributed by atoms with Crippen LogP contribution in [0, 0.1) is 5.82 Å². The lowest BCUT2D eigenvalue weighted by Gasteiger charge is -2.23. The lowest BCUT2D eigenvalue weighted by molar-refractivity contribution is -0.137. The van der Waals surface area contributed by atoms with Gasteiger partial charge in [-0.1, -0.05) is 24.2 Å². The quantitative estimate of drug-likeness (QED) is 0.294. The number of aromatic nitrogens is 3. The second kappa shape index (κ2) is 10.5. The number of rotatable bonds is 6. The molecule has 0 unspecified atom stereocenters. The average molecular weight is 564 g/mol. The lowest BCUT2D eigenvalue weighted by Crippen LogP contribution is -2.35. The first kappa shape index (κ1) is 27.0. The fourth-order valence-electron chi connectivity index (χ4n) is 4.59. The number of alkyl halides is 3. The molecule has 1 saturated heterocycles. The molecule has 0 saturated carbocycles. The van der Waals surface area contributed by atoms with Crippen molar-refractivity contribution in [2.75, 3.05) is 31.1 Å². The zero-order valence-corrected chi connectivity index (χ0v) is 21.8. The molecule has 0 radical (unpaired) electrons. The van der Waals surface area contributed by atoms with Crippen LogP contribution in [0.4, 0.5) is 23.4 Å². The zero-order valence-electron chi connectivity index (χ0n) is 20.9. The maximum absolute atomic E-state index is 13.4. The monoisotopic (exact) mass is 563 g/mol. The van der Waals surface area contributed by atoms with Gasteiger partial charge in [-0.25, -0.2) is 17.8 Å². The molecule has 5 rings (SSSR count). The van der Waals surface area contributed by atoms with E-state index in [2.05, 4.69) is 10.1 Å². The Balaban J connectivity index is 1.53. The molecule has 0 spiro atoms. The number of sulfonamides is 1. The van der Waals surface area contributed by atoms with Gasteiger partial charge in [-0.2, -0.15) is 22.5 Å². The summed E-state index contributed by atoms with van der Waals surface area (Å²) in [4.78, 5) is 11.0. The van der Waals surface area contributed by atoms with E-state index in [-0.39, 0.29) is 41.5 Å². The Kier molecular flexibility index (Phi) is 7.29. The fraction of sp³-hybridized carbons (Fsp3) is 0.346. The first-order valence-corrected chi connectivity index (χ1v) is 13.9. The van der Waals surface area contributed by atoms with E-state index in [9.17, 15) is 26.0 Å².